The van der Waals surface area contributed by atoms with Crippen molar-refractivity contribution < 1.29 is 13.2 Å². The molecule has 2 heterocycles. The molecule has 2 aliphatic rings. The first kappa shape index (κ1) is 24.4. The van der Waals surface area contributed by atoms with E-state index in [0.717, 1.165) is 19.5 Å². The van der Waals surface area contributed by atoms with Gasteiger partial charge in [0.05, 0.1) is 16.5 Å². The van der Waals surface area contributed by atoms with Gasteiger partial charge in [0, 0.05) is 38.1 Å². The van der Waals surface area contributed by atoms with Gasteiger partial charge in [-0.3, -0.25) is 9.69 Å². The zero-order valence-corrected chi connectivity index (χ0v) is 20.2. The normalized spacial score (nSPS) is 20.5. The molecule has 1 atom stereocenters. The van der Waals surface area contributed by atoms with E-state index in [-0.39, 0.29) is 16.7 Å². The smallest absolute Gasteiger partial charge is 0.243 e. The van der Waals surface area contributed by atoms with Gasteiger partial charge in [-0.25, -0.2) is 8.42 Å². The monoisotopic (exact) mass is 480 g/mol. The Balaban J connectivity index is 1.28. The number of hydrogen-bond donors (Lipinski definition) is 1. The number of carbonyl (C=O) groups excluding carboxylic acids is 1. The molecular weight excluding hydrogens is 448 g/mol. The van der Waals surface area contributed by atoms with Gasteiger partial charge in [-0.2, -0.15) is 9.57 Å². The summed E-state index contributed by atoms with van der Waals surface area (Å²) in [4.78, 5) is 15.5. The van der Waals surface area contributed by atoms with Crippen LogP contribution in [0.15, 0.2) is 59.5 Å². The molecule has 0 aromatic heterocycles. The van der Waals surface area contributed by atoms with Crippen molar-refractivity contribution in [2.75, 3.05) is 26.2 Å². The average Bonchev–Trinajstić information content (AvgIpc) is 2.88. The number of sulfonamides is 1. The fraction of sp³-hybridized carbons (Fsp3) is 0.462. The number of hydrogen-bond acceptors (Lipinski definition) is 5. The Morgan fingerprint density at radius 3 is 2.35 bits per heavy atom. The molecule has 0 bridgehead atoms. The summed E-state index contributed by atoms with van der Waals surface area (Å²) in [5.41, 5.74) is 1.71. The lowest BCUT2D eigenvalue weighted by Crippen LogP contribution is -2.48. The van der Waals surface area contributed by atoms with Gasteiger partial charge < -0.3 is 5.32 Å². The molecule has 1 unspecified atom stereocenters. The number of nitriles is 1. The van der Waals surface area contributed by atoms with Crippen molar-refractivity contribution in [1.82, 2.24) is 14.5 Å². The van der Waals surface area contributed by atoms with E-state index in [1.54, 1.807) is 0 Å². The fourth-order valence-corrected chi connectivity index (χ4v) is 6.36. The first-order chi connectivity index (χ1) is 16.5. The molecule has 0 spiro atoms. The molecule has 0 radical (unpaired) electrons. The highest BCUT2D eigenvalue weighted by molar-refractivity contribution is 7.89. The molecule has 7 nitrogen and oxygen atoms in total. The molecule has 2 fully saturated rings. The SMILES string of the molecule is N#Cc1ccc(S(=O)(=O)N2CCC(C(=O)NCC3CCCCN3Cc3ccccc3)CC2)cc1. The van der Waals surface area contributed by atoms with Crippen LogP contribution >= 0.6 is 0 Å². The van der Waals surface area contributed by atoms with Gasteiger partial charge in [0.2, 0.25) is 15.9 Å². The predicted molar refractivity (Wildman–Crippen MR) is 130 cm³/mol. The highest BCUT2D eigenvalue weighted by Crippen LogP contribution is 2.25. The van der Waals surface area contributed by atoms with Gasteiger partial charge in [0.1, 0.15) is 0 Å². The minimum absolute atomic E-state index is 0.0284. The van der Waals surface area contributed by atoms with Crippen LogP contribution in [0, 0.1) is 17.2 Å². The molecule has 2 aliphatic heterocycles. The number of nitrogens with zero attached hydrogens (tertiary/aromatic N) is 3. The van der Waals surface area contributed by atoms with E-state index in [9.17, 15) is 13.2 Å². The third kappa shape index (κ3) is 5.84. The van der Waals surface area contributed by atoms with E-state index in [0.29, 0.717) is 44.1 Å². The van der Waals surface area contributed by atoms with Crippen molar-refractivity contribution in [3.8, 4) is 6.07 Å². The molecule has 4 rings (SSSR count). The quantitative estimate of drug-likeness (QED) is 0.657. The van der Waals surface area contributed by atoms with Crippen LogP contribution in [-0.2, 0) is 21.4 Å². The van der Waals surface area contributed by atoms with Crippen LogP contribution in [0.1, 0.15) is 43.2 Å². The van der Waals surface area contributed by atoms with Crippen molar-refractivity contribution in [2.24, 2.45) is 5.92 Å². The summed E-state index contributed by atoms with van der Waals surface area (Å²) in [7, 11) is -3.62. The Labute approximate surface area is 202 Å². The largest absolute Gasteiger partial charge is 0.354 e. The maximum atomic E-state index is 12.9. The number of rotatable bonds is 7. The molecule has 0 saturated carbocycles. The molecular formula is C26H32N4O3S. The maximum absolute atomic E-state index is 12.9. The van der Waals surface area contributed by atoms with E-state index in [1.807, 2.05) is 12.1 Å². The molecule has 1 N–H and O–H groups in total. The summed E-state index contributed by atoms with van der Waals surface area (Å²) in [6, 6.07) is 18.7. The molecule has 34 heavy (non-hydrogen) atoms. The molecule has 2 aromatic rings. The Kier molecular flexibility index (Phi) is 7.99. The van der Waals surface area contributed by atoms with E-state index < -0.39 is 10.0 Å². The van der Waals surface area contributed by atoms with Crippen LogP contribution in [0.4, 0.5) is 0 Å². The number of benzene rings is 2. The van der Waals surface area contributed by atoms with Crippen molar-refractivity contribution in [3.05, 3.63) is 65.7 Å². The zero-order valence-electron chi connectivity index (χ0n) is 19.4. The molecule has 1 amide bonds. The van der Waals surface area contributed by atoms with Crippen molar-refractivity contribution in [1.29, 1.82) is 5.26 Å². The lowest BCUT2D eigenvalue weighted by atomic mass is 9.96. The van der Waals surface area contributed by atoms with E-state index >= 15 is 0 Å². The lowest BCUT2D eigenvalue weighted by molar-refractivity contribution is -0.126. The fourth-order valence-electron chi connectivity index (χ4n) is 4.89. The van der Waals surface area contributed by atoms with Crippen molar-refractivity contribution in [2.45, 2.75) is 49.6 Å². The predicted octanol–water partition coefficient (Wildman–Crippen LogP) is 3.13. The van der Waals surface area contributed by atoms with Gasteiger partial charge in [-0.1, -0.05) is 36.8 Å². The number of piperidine rings is 2. The second-order valence-corrected chi connectivity index (χ2v) is 11.1. The third-order valence-corrected chi connectivity index (χ3v) is 8.85. The maximum Gasteiger partial charge on any atom is 0.243 e. The number of likely N-dealkylation sites (tertiary alicyclic amines) is 1. The summed E-state index contributed by atoms with van der Waals surface area (Å²) in [5.74, 6) is -0.140. The van der Waals surface area contributed by atoms with Gasteiger partial charge >= 0.3 is 0 Å². The van der Waals surface area contributed by atoms with Gasteiger partial charge in [0.15, 0.2) is 0 Å². The molecule has 0 aliphatic carbocycles. The summed E-state index contributed by atoms with van der Waals surface area (Å²) in [5, 5.41) is 12.1. The van der Waals surface area contributed by atoms with Crippen LogP contribution in [0.25, 0.3) is 0 Å². The second-order valence-electron chi connectivity index (χ2n) is 9.17. The zero-order chi connectivity index (χ0) is 24.0. The minimum atomic E-state index is -3.62. The minimum Gasteiger partial charge on any atom is -0.354 e. The third-order valence-electron chi connectivity index (χ3n) is 6.94. The average molecular weight is 481 g/mol. The summed E-state index contributed by atoms with van der Waals surface area (Å²) in [6.45, 7) is 3.22. The second kappa shape index (κ2) is 11.1. The van der Waals surface area contributed by atoms with E-state index in [2.05, 4.69) is 34.5 Å². The van der Waals surface area contributed by atoms with Crippen LogP contribution in [0.2, 0.25) is 0 Å². The van der Waals surface area contributed by atoms with Crippen molar-refractivity contribution >= 4 is 15.9 Å². The Bertz CT molecular complexity index is 1100. The van der Waals surface area contributed by atoms with E-state index in [1.165, 1.54) is 47.0 Å². The van der Waals surface area contributed by atoms with Gasteiger partial charge in [-0.05, 0) is 62.1 Å². The molecule has 2 saturated heterocycles. The first-order valence-electron chi connectivity index (χ1n) is 12.0. The molecule has 180 valence electrons. The summed E-state index contributed by atoms with van der Waals surface area (Å²) in [6.07, 6.45) is 4.47. The number of amides is 1. The first-order valence-corrected chi connectivity index (χ1v) is 13.5. The lowest BCUT2D eigenvalue weighted by Gasteiger charge is -2.36. The van der Waals surface area contributed by atoms with Gasteiger partial charge in [0.25, 0.3) is 0 Å². The van der Waals surface area contributed by atoms with Gasteiger partial charge in [-0.15, -0.1) is 0 Å². The van der Waals surface area contributed by atoms with Crippen LogP contribution in [0.5, 0.6) is 0 Å². The highest BCUT2D eigenvalue weighted by Gasteiger charge is 2.32. The summed E-state index contributed by atoms with van der Waals surface area (Å²) >= 11 is 0. The Hall–Kier alpha value is -2.73. The Morgan fingerprint density at radius 1 is 0.971 bits per heavy atom. The van der Waals surface area contributed by atoms with Crippen LogP contribution in [0.3, 0.4) is 0 Å². The highest BCUT2D eigenvalue weighted by atomic mass is 32.2. The van der Waals surface area contributed by atoms with Crippen LogP contribution in [-0.4, -0.2) is 55.8 Å². The molecule has 2 aromatic carbocycles. The summed E-state index contributed by atoms with van der Waals surface area (Å²) < 4.78 is 27.3. The Morgan fingerprint density at radius 2 is 1.68 bits per heavy atom. The van der Waals surface area contributed by atoms with Crippen LogP contribution < -0.4 is 5.32 Å². The number of carbonyl (C=O) groups is 1. The topological polar surface area (TPSA) is 93.5 Å². The van der Waals surface area contributed by atoms with E-state index in [4.69, 9.17) is 5.26 Å². The molecule has 8 heteroatoms. The standard InChI is InChI=1S/C26H32N4O3S/c27-18-21-9-11-25(12-10-21)34(32,33)30-16-13-23(14-17-30)26(31)28-19-24-8-4-5-15-29(24)20-22-6-2-1-3-7-22/h1-3,6-7,9-12,23-24H,4-5,8,13-17,19-20H2,(H,28,31). The van der Waals surface area contributed by atoms with Crippen molar-refractivity contribution in [3.63, 3.8) is 0 Å². The number of nitrogens with one attached hydrogen (secondary N) is 1.